The summed E-state index contributed by atoms with van der Waals surface area (Å²) in [6, 6.07) is 2.62. The van der Waals surface area contributed by atoms with Crippen molar-refractivity contribution in [2.45, 2.75) is 65.7 Å². The molecule has 4 heteroatoms. The smallest absolute Gasteiger partial charge is 0.319 e. The zero-order valence-electron chi connectivity index (χ0n) is 15.7. The molecule has 3 saturated carbocycles. The number of ketones is 1. The Hall–Kier alpha value is -1.63. The Balaban J connectivity index is 2.07. The minimum absolute atomic E-state index is 0.00696. The number of hydrogen-bond acceptors (Lipinski definition) is 4. The van der Waals surface area contributed by atoms with Gasteiger partial charge in [-0.2, -0.15) is 5.26 Å². The third-order valence-electron chi connectivity index (χ3n) is 7.68. The second-order valence-electron chi connectivity index (χ2n) is 8.57. The number of nitriles is 1. The van der Waals surface area contributed by atoms with Gasteiger partial charge in [0.15, 0.2) is 0 Å². The van der Waals surface area contributed by atoms with Gasteiger partial charge in [-0.25, -0.2) is 0 Å². The Morgan fingerprint density at radius 1 is 1.28 bits per heavy atom. The molecule has 3 aliphatic carbocycles. The van der Waals surface area contributed by atoms with E-state index < -0.39 is 10.8 Å². The fourth-order valence-electron chi connectivity index (χ4n) is 6.31. The van der Waals surface area contributed by atoms with Crippen LogP contribution >= 0.6 is 0 Å². The number of nitrogens with zero attached hydrogens (tertiary/aromatic N) is 1. The molecular weight excluding hydrogens is 314 g/mol. The standard InChI is InChI=1S/C21H29NO3/c1-5-25-18(24)20(4)15-9-12-21(13-22)14(2)7-6-8-16(21)19(15,3)11-10-17(20)23/h15-16H,2,5-12H2,1,3-4H3/t15-,16-,19+,20-,21-/m1/s1. The van der Waals surface area contributed by atoms with Gasteiger partial charge in [0, 0.05) is 6.42 Å². The van der Waals surface area contributed by atoms with Crippen LogP contribution in [0.3, 0.4) is 0 Å². The topological polar surface area (TPSA) is 67.2 Å². The van der Waals surface area contributed by atoms with Crippen LogP contribution in [0.25, 0.3) is 0 Å². The van der Waals surface area contributed by atoms with Gasteiger partial charge in [0.1, 0.15) is 11.2 Å². The minimum atomic E-state index is -1.08. The Morgan fingerprint density at radius 3 is 2.64 bits per heavy atom. The first-order valence-corrected chi connectivity index (χ1v) is 9.57. The Kier molecular flexibility index (Phi) is 4.34. The summed E-state index contributed by atoms with van der Waals surface area (Å²) in [5, 5.41) is 10.1. The third kappa shape index (κ3) is 2.24. The predicted molar refractivity (Wildman–Crippen MR) is 94.3 cm³/mol. The first-order chi connectivity index (χ1) is 11.8. The van der Waals surface area contributed by atoms with Crippen LogP contribution in [0.2, 0.25) is 0 Å². The monoisotopic (exact) mass is 343 g/mol. The molecule has 0 heterocycles. The van der Waals surface area contributed by atoms with Crippen LogP contribution in [0.15, 0.2) is 12.2 Å². The summed E-state index contributed by atoms with van der Waals surface area (Å²) in [7, 11) is 0. The van der Waals surface area contributed by atoms with Crippen molar-refractivity contribution in [3.8, 4) is 6.07 Å². The molecule has 0 saturated heterocycles. The van der Waals surface area contributed by atoms with Gasteiger partial charge in [0.25, 0.3) is 0 Å². The van der Waals surface area contributed by atoms with Crippen LogP contribution in [0.5, 0.6) is 0 Å². The van der Waals surface area contributed by atoms with Gasteiger partial charge in [-0.15, -0.1) is 0 Å². The second kappa shape index (κ2) is 5.97. The van der Waals surface area contributed by atoms with E-state index in [1.165, 1.54) is 0 Å². The van der Waals surface area contributed by atoms with Gasteiger partial charge >= 0.3 is 5.97 Å². The van der Waals surface area contributed by atoms with Crippen molar-refractivity contribution in [1.82, 2.24) is 0 Å². The summed E-state index contributed by atoms with van der Waals surface area (Å²) in [4.78, 5) is 25.6. The molecule has 0 aliphatic heterocycles. The van der Waals surface area contributed by atoms with Gasteiger partial charge < -0.3 is 4.74 Å². The normalized spacial score (nSPS) is 43.6. The van der Waals surface area contributed by atoms with Crippen molar-refractivity contribution in [3.63, 3.8) is 0 Å². The van der Waals surface area contributed by atoms with E-state index in [0.717, 1.165) is 31.3 Å². The number of fused-ring (bicyclic) bond motifs is 3. The summed E-state index contributed by atoms with van der Waals surface area (Å²) in [6.07, 6.45) is 5.50. The van der Waals surface area contributed by atoms with E-state index in [1.807, 2.05) is 0 Å². The van der Waals surface area contributed by atoms with Crippen molar-refractivity contribution >= 4 is 11.8 Å². The summed E-state index contributed by atoms with van der Waals surface area (Å²) in [6.45, 7) is 10.3. The Labute approximate surface area is 150 Å². The van der Waals surface area contributed by atoms with Crippen LogP contribution in [0.1, 0.15) is 65.7 Å². The summed E-state index contributed by atoms with van der Waals surface area (Å²) in [5.41, 5.74) is -0.712. The van der Waals surface area contributed by atoms with Crippen LogP contribution in [-0.4, -0.2) is 18.4 Å². The quantitative estimate of drug-likeness (QED) is 0.428. The number of Topliss-reactive ketones (excluding diaryl/α,β-unsaturated/α-hetero) is 1. The highest BCUT2D eigenvalue weighted by Gasteiger charge is 2.66. The molecule has 0 N–H and O–H groups in total. The zero-order valence-corrected chi connectivity index (χ0v) is 15.7. The molecule has 0 spiro atoms. The lowest BCUT2D eigenvalue weighted by atomic mass is 9.40. The maximum absolute atomic E-state index is 12.8. The summed E-state index contributed by atoms with van der Waals surface area (Å²) in [5.74, 6) is -0.257. The molecule has 4 nitrogen and oxygen atoms in total. The maximum Gasteiger partial charge on any atom is 0.319 e. The number of carbonyl (C=O) groups excluding carboxylic acids is 2. The van der Waals surface area contributed by atoms with Crippen molar-refractivity contribution in [2.24, 2.45) is 28.1 Å². The molecule has 136 valence electrons. The SMILES string of the molecule is C=C1CCC[C@@H]2[C@@]3(C)CCC(=O)[C@](C)(C(=O)OCC)[C@@H]3CC[C@@]12C#N. The number of esters is 1. The van der Waals surface area contributed by atoms with E-state index in [-0.39, 0.29) is 35.6 Å². The first kappa shape index (κ1) is 18.2. The highest BCUT2D eigenvalue weighted by atomic mass is 16.5. The summed E-state index contributed by atoms with van der Waals surface area (Å²) >= 11 is 0. The van der Waals surface area contributed by atoms with Gasteiger partial charge in [-0.1, -0.05) is 19.1 Å². The maximum atomic E-state index is 12.8. The Bertz CT molecular complexity index is 663. The average molecular weight is 343 g/mol. The van der Waals surface area contributed by atoms with Crippen molar-refractivity contribution in [2.75, 3.05) is 6.61 Å². The van der Waals surface area contributed by atoms with Gasteiger partial charge in [-0.05, 0) is 69.6 Å². The average Bonchev–Trinajstić information content (AvgIpc) is 2.59. The molecule has 0 radical (unpaired) electrons. The molecule has 0 aromatic heterocycles. The van der Waals surface area contributed by atoms with Crippen LogP contribution in [0, 0.1) is 39.4 Å². The van der Waals surface area contributed by atoms with Crippen molar-refractivity contribution in [3.05, 3.63) is 12.2 Å². The van der Waals surface area contributed by atoms with Crippen LogP contribution in [0.4, 0.5) is 0 Å². The highest BCUT2D eigenvalue weighted by molar-refractivity contribution is 6.04. The molecule has 3 fully saturated rings. The molecule has 0 amide bonds. The lowest BCUT2D eigenvalue weighted by Crippen LogP contribution is -2.61. The largest absolute Gasteiger partial charge is 0.465 e. The van der Waals surface area contributed by atoms with Crippen molar-refractivity contribution in [1.29, 1.82) is 5.26 Å². The lowest BCUT2D eigenvalue weighted by molar-refractivity contribution is -0.182. The highest BCUT2D eigenvalue weighted by Crippen LogP contribution is 2.67. The van der Waals surface area contributed by atoms with Crippen LogP contribution in [-0.2, 0) is 14.3 Å². The fourth-order valence-corrected chi connectivity index (χ4v) is 6.31. The number of allylic oxidation sites excluding steroid dienone is 1. The van der Waals surface area contributed by atoms with Crippen LogP contribution < -0.4 is 0 Å². The van der Waals surface area contributed by atoms with E-state index in [0.29, 0.717) is 19.3 Å². The molecule has 3 rings (SSSR count). The lowest BCUT2D eigenvalue weighted by Gasteiger charge is -2.62. The van der Waals surface area contributed by atoms with E-state index in [1.54, 1.807) is 13.8 Å². The number of hydrogen-bond donors (Lipinski definition) is 0. The fraction of sp³-hybridized carbons (Fsp3) is 0.762. The number of rotatable bonds is 2. The molecule has 0 bridgehead atoms. The summed E-state index contributed by atoms with van der Waals surface area (Å²) < 4.78 is 5.32. The van der Waals surface area contributed by atoms with E-state index in [4.69, 9.17) is 4.74 Å². The van der Waals surface area contributed by atoms with E-state index in [2.05, 4.69) is 19.6 Å². The Morgan fingerprint density at radius 2 is 2.00 bits per heavy atom. The van der Waals surface area contributed by atoms with E-state index in [9.17, 15) is 14.9 Å². The minimum Gasteiger partial charge on any atom is -0.465 e. The van der Waals surface area contributed by atoms with E-state index >= 15 is 0 Å². The van der Waals surface area contributed by atoms with Gasteiger partial charge in [0.05, 0.1) is 18.1 Å². The molecule has 0 aromatic carbocycles. The molecule has 3 aliphatic rings. The number of carbonyl (C=O) groups is 2. The molecular formula is C21H29NO3. The molecule has 0 aromatic rings. The van der Waals surface area contributed by atoms with Gasteiger partial charge in [-0.3, -0.25) is 9.59 Å². The molecule has 5 atom stereocenters. The first-order valence-electron chi connectivity index (χ1n) is 9.57. The zero-order chi connectivity index (χ0) is 18.5. The number of ether oxygens (including phenoxy) is 1. The molecule has 0 unspecified atom stereocenters. The molecule has 25 heavy (non-hydrogen) atoms. The third-order valence-corrected chi connectivity index (χ3v) is 7.68. The van der Waals surface area contributed by atoms with Crippen molar-refractivity contribution < 1.29 is 14.3 Å². The second-order valence-corrected chi connectivity index (χ2v) is 8.57. The van der Waals surface area contributed by atoms with Gasteiger partial charge in [0.2, 0.25) is 0 Å². The predicted octanol–water partition coefficient (Wildman–Crippen LogP) is 4.20.